The fourth-order valence-corrected chi connectivity index (χ4v) is 2.01. The van der Waals surface area contributed by atoms with Crippen LogP contribution in [0.25, 0.3) is 0 Å². The highest BCUT2D eigenvalue weighted by Gasteiger charge is 2.19. The average Bonchev–Trinajstić information content (AvgIpc) is 2.18. The van der Waals surface area contributed by atoms with Gasteiger partial charge in [0.1, 0.15) is 0 Å². The number of piperidine rings is 1. The lowest BCUT2D eigenvalue weighted by atomic mass is 10.0. The van der Waals surface area contributed by atoms with Crippen LogP contribution in [-0.2, 0) is 0 Å². The number of nitrogens with zero attached hydrogens (tertiary/aromatic N) is 2. The summed E-state index contributed by atoms with van der Waals surface area (Å²) >= 11 is 0. The Morgan fingerprint density at radius 2 is 2.43 bits per heavy atom. The van der Waals surface area contributed by atoms with E-state index in [-0.39, 0.29) is 0 Å². The summed E-state index contributed by atoms with van der Waals surface area (Å²) in [6, 6.07) is 3.45. The fraction of sp³-hybridized carbons (Fsp3) is 0.545. The van der Waals surface area contributed by atoms with Crippen LogP contribution in [0.5, 0.6) is 5.75 Å². The third-order valence-electron chi connectivity index (χ3n) is 2.72. The second-order valence-electron chi connectivity index (χ2n) is 4.04. The van der Waals surface area contributed by atoms with Crippen molar-refractivity contribution in [2.45, 2.75) is 19.8 Å². The van der Waals surface area contributed by atoms with Gasteiger partial charge in [0.2, 0.25) is 0 Å². The first-order chi connectivity index (χ1) is 6.77. The van der Waals surface area contributed by atoms with Gasteiger partial charge in [-0.05, 0) is 30.9 Å². The van der Waals surface area contributed by atoms with E-state index < -0.39 is 0 Å². The molecule has 2 heterocycles. The molecule has 0 spiro atoms. The van der Waals surface area contributed by atoms with Crippen LogP contribution in [0.2, 0.25) is 0 Å². The minimum Gasteiger partial charge on any atom is -0.504 e. The van der Waals surface area contributed by atoms with Crippen molar-refractivity contribution in [2.75, 3.05) is 18.0 Å². The van der Waals surface area contributed by atoms with E-state index in [0.717, 1.165) is 18.9 Å². The molecule has 1 aliphatic heterocycles. The van der Waals surface area contributed by atoms with Crippen molar-refractivity contribution in [1.29, 1.82) is 0 Å². The van der Waals surface area contributed by atoms with Crippen molar-refractivity contribution >= 4 is 5.82 Å². The molecule has 0 aliphatic carbocycles. The summed E-state index contributed by atoms with van der Waals surface area (Å²) in [4.78, 5) is 6.38. The molecule has 3 heteroatoms. The Morgan fingerprint density at radius 1 is 1.57 bits per heavy atom. The largest absolute Gasteiger partial charge is 0.504 e. The first-order valence-corrected chi connectivity index (χ1v) is 5.16. The van der Waals surface area contributed by atoms with E-state index in [1.54, 1.807) is 18.3 Å². The number of hydrogen-bond donors (Lipinski definition) is 1. The van der Waals surface area contributed by atoms with Gasteiger partial charge in [-0.15, -0.1) is 0 Å². The van der Waals surface area contributed by atoms with Gasteiger partial charge in [0, 0.05) is 19.3 Å². The van der Waals surface area contributed by atoms with Gasteiger partial charge >= 0.3 is 0 Å². The lowest BCUT2D eigenvalue weighted by Crippen LogP contribution is -2.34. The van der Waals surface area contributed by atoms with Crippen molar-refractivity contribution in [2.24, 2.45) is 5.92 Å². The summed E-state index contributed by atoms with van der Waals surface area (Å²) < 4.78 is 0. The summed E-state index contributed by atoms with van der Waals surface area (Å²) in [7, 11) is 0. The molecule has 76 valence electrons. The summed E-state index contributed by atoms with van der Waals surface area (Å²) in [5.41, 5.74) is 0. The highest BCUT2D eigenvalue weighted by Crippen LogP contribution is 2.27. The van der Waals surface area contributed by atoms with E-state index in [1.165, 1.54) is 12.8 Å². The lowest BCUT2D eigenvalue weighted by Gasteiger charge is -2.31. The number of hydrogen-bond acceptors (Lipinski definition) is 3. The Morgan fingerprint density at radius 3 is 3.14 bits per heavy atom. The van der Waals surface area contributed by atoms with Crippen LogP contribution in [0.15, 0.2) is 18.3 Å². The molecule has 0 amide bonds. The summed E-state index contributed by atoms with van der Waals surface area (Å²) in [6.07, 6.45) is 4.20. The molecular weight excluding hydrogens is 176 g/mol. The number of rotatable bonds is 1. The monoisotopic (exact) mass is 192 g/mol. The fourth-order valence-electron chi connectivity index (χ4n) is 2.01. The van der Waals surface area contributed by atoms with Crippen LogP contribution >= 0.6 is 0 Å². The molecule has 0 radical (unpaired) electrons. The van der Waals surface area contributed by atoms with E-state index in [1.807, 2.05) is 0 Å². The van der Waals surface area contributed by atoms with Crippen LogP contribution < -0.4 is 4.90 Å². The maximum absolute atomic E-state index is 9.64. The molecule has 1 N–H and O–H groups in total. The van der Waals surface area contributed by atoms with Gasteiger partial charge in [-0.1, -0.05) is 6.92 Å². The zero-order valence-electron chi connectivity index (χ0n) is 8.48. The Balaban J connectivity index is 2.18. The topological polar surface area (TPSA) is 36.4 Å². The van der Waals surface area contributed by atoms with E-state index in [0.29, 0.717) is 11.7 Å². The quantitative estimate of drug-likeness (QED) is 0.739. The molecular formula is C11H16N2O. The number of pyridine rings is 1. The molecule has 2 rings (SSSR count). The minimum absolute atomic E-state index is 0.293. The van der Waals surface area contributed by atoms with Crippen molar-refractivity contribution in [3.05, 3.63) is 18.3 Å². The van der Waals surface area contributed by atoms with Crippen molar-refractivity contribution in [3.8, 4) is 5.75 Å². The van der Waals surface area contributed by atoms with Gasteiger partial charge < -0.3 is 10.0 Å². The summed E-state index contributed by atoms with van der Waals surface area (Å²) in [6.45, 7) is 4.26. The molecule has 1 aromatic rings. The van der Waals surface area contributed by atoms with Gasteiger partial charge in [-0.2, -0.15) is 0 Å². The summed E-state index contributed by atoms with van der Waals surface area (Å²) in [5.74, 6) is 1.73. The van der Waals surface area contributed by atoms with Crippen LogP contribution in [0.1, 0.15) is 19.8 Å². The maximum Gasteiger partial charge on any atom is 0.171 e. The van der Waals surface area contributed by atoms with Gasteiger partial charge in [0.05, 0.1) is 0 Å². The van der Waals surface area contributed by atoms with Crippen molar-refractivity contribution < 1.29 is 5.11 Å². The highest BCUT2D eigenvalue weighted by molar-refractivity contribution is 5.51. The van der Waals surface area contributed by atoms with Crippen molar-refractivity contribution in [1.82, 2.24) is 4.98 Å². The molecule has 0 aromatic carbocycles. The second-order valence-corrected chi connectivity index (χ2v) is 4.04. The smallest absolute Gasteiger partial charge is 0.171 e. The highest BCUT2D eigenvalue weighted by atomic mass is 16.3. The van der Waals surface area contributed by atoms with Crippen LogP contribution in [0.3, 0.4) is 0 Å². The molecule has 3 nitrogen and oxygen atoms in total. The normalized spacial score (nSPS) is 22.4. The zero-order valence-corrected chi connectivity index (χ0v) is 8.48. The number of anilines is 1. The molecule has 0 saturated carbocycles. The standard InChI is InChI=1S/C11H16N2O/c1-9-4-3-7-13(8-9)11-10(14)5-2-6-12-11/h2,5-6,9,14H,3-4,7-8H2,1H3. The predicted octanol–water partition coefficient (Wildman–Crippen LogP) is 2.02. The summed E-state index contributed by atoms with van der Waals surface area (Å²) in [5, 5.41) is 9.64. The molecule has 1 aliphatic rings. The van der Waals surface area contributed by atoms with E-state index >= 15 is 0 Å². The van der Waals surface area contributed by atoms with E-state index in [4.69, 9.17) is 0 Å². The Labute approximate surface area is 84.4 Å². The number of aromatic hydroxyl groups is 1. The van der Waals surface area contributed by atoms with Gasteiger partial charge in [-0.25, -0.2) is 4.98 Å². The Kier molecular flexibility index (Phi) is 2.57. The molecule has 0 bridgehead atoms. The minimum atomic E-state index is 0.293. The number of aromatic nitrogens is 1. The SMILES string of the molecule is CC1CCCN(c2ncccc2O)C1. The molecule has 1 fully saturated rings. The van der Waals surface area contributed by atoms with Crippen molar-refractivity contribution in [3.63, 3.8) is 0 Å². The predicted molar refractivity (Wildman–Crippen MR) is 56.5 cm³/mol. The lowest BCUT2D eigenvalue weighted by molar-refractivity contribution is 0.430. The first-order valence-electron chi connectivity index (χ1n) is 5.16. The second kappa shape index (κ2) is 3.86. The first kappa shape index (κ1) is 9.31. The van der Waals surface area contributed by atoms with Crippen LogP contribution in [0, 0.1) is 5.92 Å². The zero-order chi connectivity index (χ0) is 9.97. The van der Waals surface area contributed by atoms with Gasteiger partial charge in [0.15, 0.2) is 11.6 Å². The third kappa shape index (κ3) is 1.81. The van der Waals surface area contributed by atoms with Gasteiger partial charge in [-0.3, -0.25) is 0 Å². The van der Waals surface area contributed by atoms with Crippen LogP contribution in [-0.4, -0.2) is 23.2 Å². The van der Waals surface area contributed by atoms with E-state index in [9.17, 15) is 5.11 Å². The Bertz CT molecular complexity index is 314. The average molecular weight is 192 g/mol. The molecule has 14 heavy (non-hydrogen) atoms. The molecule has 1 atom stereocenters. The maximum atomic E-state index is 9.64. The Hall–Kier alpha value is -1.25. The molecule has 1 unspecified atom stereocenters. The van der Waals surface area contributed by atoms with Crippen LogP contribution in [0.4, 0.5) is 5.82 Å². The van der Waals surface area contributed by atoms with E-state index in [2.05, 4.69) is 16.8 Å². The molecule has 1 aromatic heterocycles. The third-order valence-corrected chi connectivity index (χ3v) is 2.72. The van der Waals surface area contributed by atoms with Gasteiger partial charge in [0.25, 0.3) is 0 Å². The molecule has 1 saturated heterocycles.